The van der Waals surface area contributed by atoms with E-state index in [0.717, 1.165) is 3.79 Å². The van der Waals surface area contributed by atoms with Gasteiger partial charge in [0.15, 0.2) is 0 Å². The van der Waals surface area contributed by atoms with Crippen molar-refractivity contribution < 1.29 is 12.8 Å². The standard InChI is InChI=1S/C13H13BrN2O3S2/c1-10-12(8-13(14)20-10)21(17,18)16(6-3-5-15)9-11-4-2-7-19-11/h2,4,7-8H,3,6,9H2,1H3. The first kappa shape index (κ1) is 16.2. The van der Waals surface area contributed by atoms with Gasteiger partial charge in [-0.1, -0.05) is 0 Å². The summed E-state index contributed by atoms with van der Waals surface area (Å²) in [5.41, 5.74) is 0. The van der Waals surface area contributed by atoms with E-state index in [1.807, 2.05) is 6.07 Å². The smallest absolute Gasteiger partial charge is 0.244 e. The van der Waals surface area contributed by atoms with Crippen LogP contribution >= 0.6 is 27.3 Å². The SMILES string of the molecule is Cc1sc(Br)cc1S(=O)(=O)N(CCC#N)Cc1ccco1. The highest BCUT2D eigenvalue weighted by atomic mass is 79.9. The second-order valence-corrected chi connectivity index (χ2v) is 8.84. The molecule has 0 N–H and O–H groups in total. The minimum Gasteiger partial charge on any atom is -0.468 e. The predicted octanol–water partition coefficient (Wildman–Crippen LogP) is 3.52. The fourth-order valence-corrected chi connectivity index (χ4v) is 5.65. The molecule has 0 aliphatic carbocycles. The van der Waals surface area contributed by atoms with E-state index in [2.05, 4.69) is 15.9 Å². The molecule has 2 rings (SSSR count). The van der Waals surface area contributed by atoms with Gasteiger partial charge in [-0.2, -0.15) is 9.57 Å². The van der Waals surface area contributed by atoms with Crippen molar-refractivity contribution in [3.63, 3.8) is 0 Å². The van der Waals surface area contributed by atoms with Gasteiger partial charge in [0, 0.05) is 17.8 Å². The summed E-state index contributed by atoms with van der Waals surface area (Å²) in [4.78, 5) is 0.979. The number of halogens is 1. The number of rotatable bonds is 6. The van der Waals surface area contributed by atoms with E-state index < -0.39 is 10.0 Å². The Labute approximate surface area is 136 Å². The summed E-state index contributed by atoms with van der Waals surface area (Å²) in [5.74, 6) is 0.545. The van der Waals surface area contributed by atoms with Crippen molar-refractivity contribution in [3.05, 3.63) is 38.9 Å². The number of nitriles is 1. The topological polar surface area (TPSA) is 74.3 Å². The quantitative estimate of drug-likeness (QED) is 0.758. The molecule has 0 atom stereocenters. The van der Waals surface area contributed by atoms with Crippen LogP contribution in [0.4, 0.5) is 0 Å². The third-order valence-corrected chi connectivity index (χ3v) is 6.50. The third-order valence-electron chi connectivity index (χ3n) is 2.85. The van der Waals surface area contributed by atoms with Crippen LogP contribution in [0.2, 0.25) is 0 Å². The van der Waals surface area contributed by atoms with E-state index in [1.54, 1.807) is 25.1 Å². The molecule has 5 nitrogen and oxygen atoms in total. The van der Waals surface area contributed by atoms with Crippen molar-refractivity contribution in [2.24, 2.45) is 0 Å². The van der Waals surface area contributed by atoms with Gasteiger partial charge in [0.1, 0.15) is 5.76 Å². The summed E-state index contributed by atoms with van der Waals surface area (Å²) in [7, 11) is -3.66. The molecule has 8 heteroatoms. The van der Waals surface area contributed by atoms with E-state index in [4.69, 9.17) is 9.68 Å². The summed E-state index contributed by atoms with van der Waals surface area (Å²) < 4.78 is 32.8. The molecule has 0 amide bonds. The van der Waals surface area contributed by atoms with Gasteiger partial charge in [0.05, 0.1) is 27.6 Å². The zero-order valence-corrected chi connectivity index (χ0v) is 14.5. The van der Waals surface area contributed by atoms with Crippen LogP contribution in [0, 0.1) is 18.3 Å². The number of aryl methyl sites for hydroxylation is 1. The Balaban J connectivity index is 2.34. The number of hydrogen-bond donors (Lipinski definition) is 0. The number of thiophene rings is 1. The summed E-state index contributed by atoms with van der Waals surface area (Å²) in [6.45, 7) is 2.01. The molecule has 0 fully saturated rings. The molecule has 112 valence electrons. The molecule has 0 unspecified atom stereocenters. The highest BCUT2D eigenvalue weighted by Gasteiger charge is 2.28. The van der Waals surface area contributed by atoms with Crippen LogP contribution in [0.3, 0.4) is 0 Å². The van der Waals surface area contributed by atoms with E-state index in [1.165, 1.54) is 21.9 Å². The van der Waals surface area contributed by atoms with Crippen LogP contribution in [-0.2, 0) is 16.6 Å². The first-order valence-electron chi connectivity index (χ1n) is 6.10. The highest BCUT2D eigenvalue weighted by Crippen LogP contribution is 2.32. The van der Waals surface area contributed by atoms with Gasteiger partial charge in [-0.05, 0) is 41.1 Å². The minimum absolute atomic E-state index is 0.115. The van der Waals surface area contributed by atoms with Gasteiger partial charge in [0.25, 0.3) is 0 Å². The summed E-state index contributed by atoms with van der Waals surface area (Å²) in [6, 6.07) is 6.99. The zero-order valence-electron chi connectivity index (χ0n) is 11.2. The maximum atomic E-state index is 12.8. The Kier molecular flexibility index (Phi) is 5.22. The molecule has 0 radical (unpaired) electrons. The molecule has 2 aromatic heterocycles. The largest absolute Gasteiger partial charge is 0.468 e. The van der Waals surface area contributed by atoms with Crippen LogP contribution in [-0.4, -0.2) is 19.3 Å². The Bertz CT molecular complexity index is 745. The second kappa shape index (κ2) is 6.75. The van der Waals surface area contributed by atoms with E-state index in [0.29, 0.717) is 10.6 Å². The maximum absolute atomic E-state index is 12.8. The van der Waals surface area contributed by atoms with Gasteiger partial charge in [-0.15, -0.1) is 11.3 Å². The lowest BCUT2D eigenvalue weighted by atomic mass is 10.4. The first-order chi connectivity index (χ1) is 9.95. The van der Waals surface area contributed by atoms with Gasteiger partial charge < -0.3 is 4.42 Å². The first-order valence-corrected chi connectivity index (χ1v) is 9.15. The molecule has 21 heavy (non-hydrogen) atoms. The molecule has 2 heterocycles. The van der Waals surface area contributed by atoms with Crippen molar-refractivity contribution in [1.82, 2.24) is 4.31 Å². The second-order valence-electron chi connectivity index (χ2n) is 4.30. The van der Waals surface area contributed by atoms with Crippen LogP contribution in [0.1, 0.15) is 17.1 Å². The Hall–Kier alpha value is -1.14. The number of sulfonamides is 1. The van der Waals surface area contributed by atoms with Crippen molar-refractivity contribution >= 4 is 37.3 Å². The van der Waals surface area contributed by atoms with Crippen LogP contribution < -0.4 is 0 Å². The molecule has 0 bridgehead atoms. The Morgan fingerprint density at radius 2 is 2.29 bits per heavy atom. The Morgan fingerprint density at radius 1 is 1.52 bits per heavy atom. The molecule has 0 aliphatic rings. The maximum Gasteiger partial charge on any atom is 0.244 e. The van der Waals surface area contributed by atoms with Gasteiger partial charge >= 0.3 is 0 Å². The van der Waals surface area contributed by atoms with Crippen molar-refractivity contribution in [2.75, 3.05) is 6.54 Å². The molecule has 0 aliphatic heterocycles. The van der Waals surface area contributed by atoms with E-state index in [-0.39, 0.29) is 24.4 Å². The zero-order chi connectivity index (χ0) is 15.5. The van der Waals surface area contributed by atoms with E-state index >= 15 is 0 Å². The normalized spacial score (nSPS) is 11.7. The number of furan rings is 1. The predicted molar refractivity (Wildman–Crippen MR) is 83.3 cm³/mol. The van der Waals surface area contributed by atoms with Gasteiger partial charge in [0.2, 0.25) is 10.0 Å². The molecular formula is C13H13BrN2O3S2. The monoisotopic (exact) mass is 388 g/mol. The van der Waals surface area contributed by atoms with E-state index in [9.17, 15) is 8.42 Å². The fraction of sp³-hybridized carbons (Fsp3) is 0.308. The Morgan fingerprint density at radius 3 is 2.81 bits per heavy atom. The molecule has 0 aromatic carbocycles. The average Bonchev–Trinajstić information content (AvgIpc) is 3.04. The molecular weight excluding hydrogens is 376 g/mol. The lowest BCUT2D eigenvalue weighted by Crippen LogP contribution is -2.31. The number of hydrogen-bond acceptors (Lipinski definition) is 5. The number of nitrogens with zero attached hydrogens (tertiary/aromatic N) is 2. The fourth-order valence-electron chi connectivity index (χ4n) is 1.86. The summed E-state index contributed by atoms with van der Waals surface area (Å²) >= 11 is 4.67. The molecule has 0 saturated carbocycles. The van der Waals surface area contributed by atoms with Crippen molar-refractivity contribution in [2.45, 2.75) is 24.8 Å². The minimum atomic E-state index is -3.66. The van der Waals surface area contributed by atoms with Crippen LogP contribution in [0.5, 0.6) is 0 Å². The summed E-state index contributed by atoms with van der Waals surface area (Å²) in [6.07, 6.45) is 1.63. The average molecular weight is 389 g/mol. The van der Waals surface area contributed by atoms with Gasteiger partial charge in [-0.25, -0.2) is 8.42 Å². The summed E-state index contributed by atoms with van der Waals surface area (Å²) in [5, 5.41) is 8.74. The van der Waals surface area contributed by atoms with Crippen LogP contribution in [0.15, 0.2) is 37.6 Å². The molecule has 0 saturated heterocycles. The van der Waals surface area contributed by atoms with Crippen molar-refractivity contribution in [1.29, 1.82) is 5.26 Å². The van der Waals surface area contributed by atoms with Gasteiger partial charge in [-0.3, -0.25) is 0 Å². The van der Waals surface area contributed by atoms with Crippen LogP contribution in [0.25, 0.3) is 0 Å². The molecule has 0 spiro atoms. The highest BCUT2D eigenvalue weighted by molar-refractivity contribution is 9.11. The molecule has 2 aromatic rings. The third kappa shape index (κ3) is 3.74. The lowest BCUT2D eigenvalue weighted by molar-refractivity contribution is 0.368. The van der Waals surface area contributed by atoms with Crippen molar-refractivity contribution in [3.8, 4) is 6.07 Å². The lowest BCUT2D eigenvalue weighted by Gasteiger charge is -2.19.